The standard InChI is InChI=1S/C25H28F3N5O3/c1-15-10-20(31-19-12-17(6-9-29-19)25(26,27)28)32-21(11-15)33-13-18(30-14-33)24(36)7-4-16(5-8-24)23(2,3)22(34)35/h6,9-14,16,36H,4-5,7-8H2,1-3H3,(H,34,35)(H,29,31,32)/t16-,24+. The van der Waals surface area contributed by atoms with Crippen LogP contribution in [-0.4, -0.2) is 35.7 Å². The third-order valence-corrected chi connectivity index (χ3v) is 7.01. The molecule has 0 saturated heterocycles. The van der Waals surface area contributed by atoms with Crippen molar-refractivity contribution in [1.82, 2.24) is 19.5 Å². The Balaban J connectivity index is 1.53. The summed E-state index contributed by atoms with van der Waals surface area (Å²) in [5.41, 5.74) is -1.60. The topological polar surface area (TPSA) is 113 Å². The molecule has 1 saturated carbocycles. The first kappa shape index (κ1) is 25.6. The zero-order valence-corrected chi connectivity index (χ0v) is 20.2. The zero-order valence-electron chi connectivity index (χ0n) is 20.2. The molecule has 0 aliphatic heterocycles. The molecule has 1 aliphatic carbocycles. The minimum absolute atomic E-state index is 0.00977. The molecule has 11 heteroatoms. The maximum Gasteiger partial charge on any atom is 0.416 e. The van der Waals surface area contributed by atoms with Crippen LogP contribution in [0.5, 0.6) is 0 Å². The molecule has 8 nitrogen and oxygen atoms in total. The second kappa shape index (κ2) is 9.20. The Hall–Kier alpha value is -3.47. The first-order chi connectivity index (χ1) is 16.8. The molecule has 0 radical (unpaired) electrons. The molecule has 0 aromatic carbocycles. The van der Waals surface area contributed by atoms with Crippen molar-refractivity contribution >= 4 is 17.6 Å². The van der Waals surface area contributed by atoms with E-state index in [1.165, 1.54) is 6.33 Å². The van der Waals surface area contributed by atoms with E-state index < -0.39 is 28.7 Å². The molecule has 4 rings (SSSR count). The number of aliphatic hydroxyl groups is 1. The van der Waals surface area contributed by atoms with Crippen molar-refractivity contribution in [2.24, 2.45) is 11.3 Å². The fourth-order valence-corrected chi connectivity index (χ4v) is 4.59. The lowest BCUT2D eigenvalue weighted by Crippen LogP contribution is -2.40. The van der Waals surface area contributed by atoms with E-state index in [1.807, 2.05) is 6.92 Å². The predicted octanol–water partition coefficient (Wildman–Crippen LogP) is 5.22. The van der Waals surface area contributed by atoms with Gasteiger partial charge in [0.2, 0.25) is 0 Å². The maximum absolute atomic E-state index is 13.0. The van der Waals surface area contributed by atoms with Gasteiger partial charge in [-0.2, -0.15) is 13.2 Å². The van der Waals surface area contributed by atoms with Gasteiger partial charge in [0.25, 0.3) is 0 Å². The van der Waals surface area contributed by atoms with Crippen LogP contribution in [0.15, 0.2) is 43.0 Å². The quantitative estimate of drug-likeness (QED) is 0.423. The Kier molecular flexibility index (Phi) is 6.54. The highest BCUT2D eigenvalue weighted by Crippen LogP contribution is 2.45. The van der Waals surface area contributed by atoms with Crippen LogP contribution < -0.4 is 5.32 Å². The van der Waals surface area contributed by atoms with E-state index in [4.69, 9.17) is 0 Å². The van der Waals surface area contributed by atoms with Gasteiger partial charge >= 0.3 is 12.1 Å². The van der Waals surface area contributed by atoms with Gasteiger partial charge in [0.1, 0.15) is 29.4 Å². The monoisotopic (exact) mass is 503 g/mol. The number of anilines is 2. The average molecular weight is 504 g/mol. The molecule has 1 fully saturated rings. The lowest BCUT2D eigenvalue weighted by molar-refractivity contribution is -0.152. The number of rotatable bonds is 6. The number of aliphatic carboxylic acids is 1. The third kappa shape index (κ3) is 5.20. The highest BCUT2D eigenvalue weighted by atomic mass is 19.4. The van der Waals surface area contributed by atoms with Gasteiger partial charge < -0.3 is 15.5 Å². The summed E-state index contributed by atoms with van der Waals surface area (Å²) in [6.45, 7) is 5.25. The molecular formula is C25H28F3N5O3. The third-order valence-electron chi connectivity index (χ3n) is 7.01. The molecule has 0 atom stereocenters. The molecule has 3 aromatic heterocycles. The molecule has 0 spiro atoms. The minimum atomic E-state index is -4.49. The minimum Gasteiger partial charge on any atom is -0.481 e. The number of alkyl halides is 3. The smallest absolute Gasteiger partial charge is 0.416 e. The van der Waals surface area contributed by atoms with E-state index in [0.717, 1.165) is 23.9 Å². The summed E-state index contributed by atoms with van der Waals surface area (Å²) in [4.78, 5) is 24.4. The number of carbonyl (C=O) groups is 1. The second-order valence-corrected chi connectivity index (χ2v) is 9.94. The number of carboxylic acids is 1. The van der Waals surface area contributed by atoms with Crippen molar-refractivity contribution in [2.75, 3.05) is 5.32 Å². The molecular weight excluding hydrogens is 475 g/mol. The number of aromatic nitrogens is 4. The molecule has 3 heterocycles. The number of aryl methyl sites for hydroxylation is 1. The second-order valence-electron chi connectivity index (χ2n) is 9.94. The van der Waals surface area contributed by atoms with Crippen LogP contribution in [0.1, 0.15) is 56.4 Å². The number of nitrogens with one attached hydrogen (secondary N) is 1. The van der Waals surface area contributed by atoms with Gasteiger partial charge in [0, 0.05) is 12.4 Å². The summed E-state index contributed by atoms with van der Waals surface area (Å²) in [6, 6.07) is 5.28. The number of nitrogens with zero attached hydrogens (tertiary/aromatic N) is 4. The van der Waals surface area contributed by atoms with E-state index in [-0.39, 0.29) is 11.7 Å². The van der Waals surface area contributed by atoms with Gasteiger partial charge in [0.05, 0.1) is 16.7 Å². The Morgan fingerprint density at radius 1 is 1.14 bits per heavy atom. The number of carboxylic acid groups (broad SMARTS) is 1. The molecule has 192 valence electrons. The molecule has 3 aromatic rings. The van der Waals surface area contributed by atoms with Gasteiger partial charge in [-0.3, -0.25) is 9.36 Å². The summed E-state index contributed by atoms with van der Waals surface area (Å²) in [6.07, 6.45) is 1.69. The summed E-state index contributed by atoms with van der Waals surface area (Å²) in [7, 11) is 0. The zero-order chi connectivity index (χ0) is 26.3. The lowest BCUT2D eigenvalue weighted by Gasteiger charge is -2.40. The summed E-state index contributed by atoms with van der Waals surface area (Å²) < 4.78 is 40.7. The van der Waals surface area contributed by atoms with E-state index in [2.05, 4.69) is 20.3 Å². The van der Waals surface area contributed by atoms with Crippen molar-refractivity contribution in [1.29, 1.82) is 0 Å². The van der Waals surface area contributed by atoms with Crippen molar-refractivity contribution in [3.63, 3.8) is 0 Å². The Morgan fingerprint density at radius 2 is 1.83 bits per heavy atom. The van der Waals surface area contributed by atoms with Crippen LogP contribution in [-0.2, 0) is 16.6 Å². The van der Waals surface area contributed by atoms with Gasteiger partial charge in [0.15, 0.2) is 0 Å². The molecule has 0 bridgehead atoms. The van der Waals surface area contributed by atoms with E-state index >= 15 is 0 Å². The van der Waals surface area contributed by atoms with Crippen molar-refractivity contribution < 1.29 is 28.2 Å². The van der Waals surface area contributed by atoms with Crippen molar-refractivity contribution in [3.05, 3.63) is 59.8 Å². The number of hydrogen-bond acceptors (Lipinski definition) is 6. The first-order valence-corrected chi connectivity index (χ1v) is 11.6. The first-order valence-electron chi connectivity index (χ1n) is 11.6. The fraction of sp³-hybridized carbons (Fsp3) is 0.440. The normalized spacial score (nSPS) is 20.8. The van der Waals surface area contributed by atoms with E-state index in [0.29, 0.717) is 43.0 Å². The number of imidazole rings is 1. The van der Waals surface area contributed by atoms with Gasteiger partial charge in [-0.25, -0.2) is 15.0 Å². The predicted molar refractivity (Wildman–Crippen MR) is 126 cm³/mol. The Bertz CT molecular complexity index is 1260. The van der Waals surface area contributed by atoms with Crippen LogP contribution in [0.3, 0.4) is 0 Å². The number of halogens is 3. The summed E-state index contributed by atoms with van der Waals surface area (Å²) in [5.74, 6) is -0.114. The highest BCUT2D eigenvalue weighted by molar-refractivity contribution is 5.74. The van der Waals surface area contributed by atoms with Crippen LogP contribution in [0, 0.1) is 18.3 Å². The maximum atomic E-state index is 13.0. The lowest BCUT2D eigenvalue weighted by atomic mass is 9.67. The van der Waals surface area contributed by atoms with Gasteiger partial charge in [-0.05, 0) is 82.2 Å². The van der Waals surface area contributed by atoms with Crippen molar-refractivity contribution in [3.8, 4) is 5.82 Å². The van der Waals surface area contributed by atoms with Gasteiger partial charge in [-0.1, -0.05) is 0 Å². The molecule has 3 N–H and O–H groups in total. The van der Waals surface area contributed by atoms with E-state index in [1.54, 1.807) is 36.7 Å². The molecule has 36 heavy (non-hydrogen) atoms. The Labute approximate surface area is 206 Å². The van der Waals surface area contributed by atoms with E-state index in [9.17, 15) is 28.2 Å². The summed E-state index contributed by atoms with van der Waals surface area (Å²) >= 11 is 0. The highest BCUT2D eigenvalue weighted by Gasteiger charge is 2.44. The van der Waals surface area contributed by atoms with Crippen molar-refractivity contribution in [2.45, 2.75) is 58.2 Å². The van der Waals surface area contributed by atoms with Crippen LogP contribution >= 0.6 is 0 Å². The van der Waals surface area contributed by atoms with Crippen LogP contribution in [0.25, 0.3) is 5.82 Å². The average Bonchev–Trinajstić information content (AvgIpc) is 3.30. The SMILES string of the molecule is Cc1cc(Nc2cc(C(F)(F)F)ccn2)nc(-n2cnc([C@]3(O)CC[C@@H](C(C)(C)C(=O)O)CC3)c2)c1. The molecule has 0 unspecified atom stereocenters. The van der Waals surface area contributed by atoms with Crippen LogP contribution in [0.2, 0.25) is 0 Å². The van der Waals surface area contributed by atoms with Crippen LogP contribution in [0.4, 0.5) is 24.8 Å². The number of hydrogen-bond donors (Lipinski definition) is 3. The largest absolute Gasteiger partial charge is 0.481 e. The number of pyridine rings is 2. The molecule has 0 amide bonds. The summed E-state index contributed by atoms with van der Waals surface area (Å²) in [5, 5.41) is 23.6. The van der Waals surface area contributed by atoms with Gasteiger partial charge in [-0.15, -0.1) is 0 Å². The molecule has 1 aliphatic rings. The fourth-order valence-electron chi connectivity index (χ4n) is 4.59. The Morgan fingerprint density at radius 3 is 2.47 bits per heavy atom.